The molecule has 0 atom stereocenters. The zero-order chi connectivity index (χ0) is 16.3. The second-order valence-corrected chi connectivity index (χ2v) is 4.17. The van der Waals surface area contributed by atoms with Crippen molar-refractivity contribution in [3.05, 3.63) is 40.5 Å². The van der Waals surface area contributed by atoms with E-state index in [-0.39, 0.29) is 25.9 Å². The van der Waals surface area contributed by atoms with Gasteiger partial charge in [-0.15, -0.1) is 0 Å². The van der Waals surface area contributed by atoms with E-state index < -0.39 is 37.6 Å². The summed E-state index contributed by atoms with van der Waals surface area (Å²) >= 11 is 0. The van der Waals surface area contributed by atoms with Crippen molar-refractivity contribution >= 4 is 0 Å². The van der Waals surface area contributed by atoms with E-state index in [9.17, 15) is 40.5 Å². The van der Waals surface area contributed by atoms with Crippen molar-refractivity contribution in [1.29, 1.82) is 0 Å². The fourth-order valence-corrected chi connectivity index (χ4v) is 1.97. The molecule has 0 aliphatic carbocycles. The Kier molecular flexibility index (Phi) is 4.64. The molecule has 0 radical (unpaired) electrons. The Labute approximate surface area is 115 Å². The third-order valence-electron chi connectivity index (χ3n) is 3.05. The molecule has 21 heavy (non-hydrogen) atoms. The van der Waals surface area contributed by atoms with E-state index in [4.69, 9.17) is 0 Å². The number of rotatable bonds is 4. The Morgan fingerprint density at radius 1 is 0.762 bits per heavy atom. The highest BCUT2D eigenvalue weighted by Gasteiger charge is 2.95. The SMILES string of the molecule is O=[N+]([O-])C1([N+](=O)[O-])CCCCCOOC1([N+](=O)[O-])[N+](=O)[O-]. The molecule has 1 aliphatic rings. The standard InChI is InChI=1S/C7H10N4O10/c12-8(13)6(9(14)15)4-2-1-3-5-20-21-7(6,10(16)17)11(18)19/h1-5H2. The molecule has 0 saturated carbocycles. The lowest BCUT2D eigenvalue weighted by Gasteiger charge is -2.21. The molecule has 1 aliphatic heterocycles. The Morgan fingerprint density at radius 3 is 1.71 bits per heavy atom. The minimum absolute atomic E-state index is 0.193. The second-order valence-electron chi connectivity index (χ2n) is 4.17. The maximum absolute atomic E-state index is 11.1. The van der Waals surface area contributed by atoms with Gasteiger partial charge in [0.15, 0.2) is 0 Å². The van der Waals surface area contributed by atoms with Crippen LogP contribution in [-0.4, -0.2) is 37.8 Å². The molecule has 0 unspecified atom stereocenters. The summed E-state index contributed by atoms with van der Waals surface area (Å²) in [5.41, 5.74) is -3.80. The molecule has 0 N–H and O–H groups in total. The fraction of sp³-hybridized carbons (Fsp3) is 1.00. The van der Waals surface area contributed by atoms with Gasteiger partial charge in [0.05, 0.1) is 6.61 Å². The van der Waals surface area contributed by atoms with Gasteiger partial charge in [0.2, 0.25) is 0 Å². The summed E-state index contributed by atoms with van der Waals surface area (Å²) < 4.78 is 0. The molecule has 0 aromatic carbocycles. The molecule has 0 amide bonds. The molecule has 0 aromatic rings. The minimum atomic E-state index is -4.18. The molecule has 14 heteroatoms. The molecule has 1 fully saturated rings. The number of nitrogens with zero attached hydrogens (tertiary/aromatic N) is 4. The summed E-state index contributed by atoms with van der Waals surface area (Å²) in [6.45, 7) is -0.324. The molecular formula is C7H10N4O10. The molecule has 1 heterocycles. The van der Waals surface area contributed by atoms with E-state index in [0.29, 0.717) is 0 Å². The van der Waals surface area contributed by atoms with Crippen molar-refractivity contribution in [1.82, 2.24) is 0 Å². The number of hydrogen-bond donors (Lipinski definition) is 0. The van der Waals surface area contributed by atoms with Gasteiger partial charge in [-0.05, 0) is 12.8 Å². The maximum Gasteiger partial charge on any atom is 0.746 e. The lowest BCUT2D eigenvalue weighted by Crippen LogP contribution is -2.72. The van der Waals surface area contributed by atoms with Crippen molar-refractivity contribution in [2.75, 3.05) is 6.61 Å². The fourth-order valence-electron chi connectivity index (χ4n) is 1.97. The van der Waals surface area contributed by atoms with E-state index in [0.717, 1.165) is 0 Å². The number of hydrogen-bond acceptors (Lipinski definition) is 10. The summed E-state index contributed by atoms with van der Waals surface area (Å²) in [6.07, 6.45) is -0.842. The van der Waals surface area contributed by atoms with Crippen LogP contribution in [0.5, 0.6) is 0 Å². The Morgan fingerprint density at radius 2 is 1.29 bits per heavy atom. The topological polar surface area (TPSA) is 191 Å². The van der Waals surface area contributed by atoms with Crippen LogP contribution in [0.3, 0.4) is 0 Å². The average molecular weight is 310 g/mol. The van der Waals surface area contributed by atoms with Crippen LogP contribution in [-0.2, 0) is 9.78 Å². The predicted octanol–water partition coefficient (Wildman–Crippen LogP) is -0.0345. The molecular weight excluding hydrogens is 300 g/mol. The highest BCUT2D eigenvalue weighted by Crippen LogP contribution is 2.37. The van der Waals surface area contributed by atoms with Crippen LogP contribution in [0.4, 0.5) is 0 Å². The minimum Gasteiger partial charge on any atom is -0.258 e. The van der Waals surface area contributed by atoms with Crippen molar-refractivity contribution in [3.63, 3.8) is 0 Å². The zero-order valence-electron chi connectivity index (χ0n) is 10.4. The molecule has 1 saturated heterocycles. The monoisotopic (exact) mass is 310 g/mol. The first-order valence-corrected chi connectivity index (χ1v) is 5.62. The van der Waals surface area contributed by atoms with Crippen molar-refractivity contribution in [2.45, 2.75) is 37.2 Å². The van der Waals surface area contributed by atoms with Gasteiger partial charge in [-0.25, -0.2) is 4.89 Å². The van der Waals surface area contributed by atoms with Crippen LogP contribution in [0.2, 0.25) is 0 Å². The van der Waals surface area contributed by atoms with E-state index in [1.54, 1.807) is 0 Å². The van der Waals surface area contributed by atoms with Gasteiger partial charge in [-0.3, -0.25) is 40.5 Å². The van der Waals surface area contributed by atoms with Crippen LogP contribution in [0.15, 0.2) is 0 Å². The van der Waals surface area contributed by atoms with Gasteiger partial charge >= 0.3 is 11.5 Å². The lowest BCUT2D eigenvalue weighted by molar-refractivity contribution is -0.986. The Hall–Kier alpha value is -2.48. The molecule has 14 nitrogen and oxygen atoms in total. The molecule has 0 bridgehead atoms. The smallest absolute Gasteiger partial charge is 0.258 e. The molecule has 0 spiro atoms. The van der Waals surface area contributed by atoms with E-state index in [1.165, 1.54) is 0 Å². The first-order chi connectivity index (χ1) is 9.73. The molecule has 1 rings (SSSR count). The van der Waals surface area contributed by atoms with Crippen LogP contribution >= 0.6 is 0 Å². The largest absolute Gasteiger partial charge is 0.746 e. The molecule has 118 valence electrons. The summed E-state index contributed by atoms with van der Waals surface area (Å²) in [5, 5.41) is 44.4. The summed E-state index contributed by atoms with van der Waals surface area (Å²) in [5.74, 6) is -4.18. The van der Waals surface area contributed by atoms with E-state index >= 15 is 0 Å². The second kappa shape index (κ2) is 5.88. The first-order valence-electron chi connectivity index (χ1n) is 5.62. The molecule has 0 aromatic heterocycles. The average Bonchev–Trinajstić information content (AvgIpc) is 2.46. The number of nitro groups is 4. The van der Waals surface area contributed by atoms with Gasteiger partial charge in [0.1, 0.15) is 26.1 Å². The van der Waals surface area contributed by atoms with E-state index in [2.05, 4.69) is 9.78 Å². The third kappa shape index (κ3) is 2.33. The first kappa shape index (κ1) is 16.6. The zero-order valence-corrected chi connectivity index (χ0v) is 10.4. The maximum atomic E-state index is 11.1. The van der Waals surface area contributed by atoms with Crippen LogP contribution in [0.25, 0.3) is 0 Å². The Balaban J connectivity index is 3.64. The van der Waals surface area contributed by atoms with Gasteiger partial charge in [0, 0.05) is 0 Å². The van der Waals surface area contributed by atoms with Gasteiger partial charge < -0.3 is 0 Å². The van der Waals surface area contributed by atoms with Gasteiger partial charge in [0.25, 0.3) is 0 Å². The quantitative estimate of drug-likeness (QED) is 0.294. The lowest BCUT2D eigenvalue weighted by atomic mass is 9.97. The van der Waals surface area contributed by atoms with Crippen LogP contribution in [0.1, 0.15) is 25.7 Å². The predicted molar refractivity (Wildman–Crippen MR) is 58.9 cm³/mol. The van der Waals surface area contributed by atoms with Crippen molar-refractivity contribution in [2.24, 2.45) is 0 Å². The Bertz CT molecular complexity index is 408. The van der Waals surface area contributed by atoms with E-state index in [1.807, 2.05) is 0 Å². The summed E-state index contributed by atoms with van der Waals surface area (Å²) in [4.78, 5) is 45.7. The third-order valence-corrected chi connectivity index (χ3v) is 3.05. The highest BCUT2D eigenvalue weighted by molar-refractivity contribution is 4.78. The van der Waals surface area contributed by atoms with Gasteiger partial charge in [-0.2, -0.15) is 0 Å². The normalized spacial score (nSPS) is 21.3. The summed E-state index contributed by atoms with van der Waals surface area (Å²) in [6, 6.07) is 0. The van der Waals surface area contributed by atoms with Crippen LogP contribution in [0, 0.1) is 40.5 Å². The van der Waals surface area contributed by atoms with Crippen molar-refractivity contribution < 1.29 is 29.5 Å². The van der Waals surface area contributed by atoms with Crippen LogP contribution < -0.4 is 0 Å². The summed E-state index contributed by atoms with van der Waals surface area (Å²) in [7, 11) is 0. The highest BCUT2D eigenvalue weighted by atomic mass is 17.2. The van der Waals surface area contributed by atoms with Crippen molar-refractivity contribution in [3.8, 4) is 0 Å². The van der Waals surface area contributed by atoms with Gasteiger partial charge in [-0.1, -0.05) is 11.3 Å².